The van der Waals surface area contributed by atoms with Crippen LogP contribution in [0.15, 0.2) is 30.5 Å². The fourth-order valence-corrected chi connectivity index (χ4v) is 1.34. The second-order valence-electron chi connectivity index (χ2n) is 3.68. The summed E-state index contributed by atoms with van der Waals surface area (Å²) in [5.41, 5.74) is 2.63. The third kappa shape index (κ3) is 2.58. The molecule has 0 fully saturated rings. The van der Waals surface area contributed by atoms with Crippen molar-refractivity contribution in [3.8, 4) is 17.8 Å². The van der Waals surface area contributed by atoms with Crippen molar-refractivity contribution in [1.29, 1.82) is 5.26 Å². The van der Waals surface area contributed by atoms with Crippen molar-refractivity contribution >= 4 is 0 Å². The smallest absolute Gasteiger partial charge is 0.323 e. The van der Waals surface area contributed by atoms with Gasteiger partial charge in [-0.3, -0.25) is 0 Å². The fraction of sp³-hybridized carbons (Fsp3) is 0.154. The average Bonchev–Trinajstić information content (AvgIpc) is 2.34. The maximum Gasteiger partial charge on any atom is 0.323 e. The molecule has 0 saturated carbocycles. The lowest BCUT2D eigenvalue weighted by atomic mass is 10.1. The Morgan fingerprint density at radius 3 is 2.71 bits per heavy atom. The molecule has 84 valence electrons. The molecule has 1 heterocycles. The number of nitrogens with zero attached hydrogens (tertiary/aromatic N) is 3. The third-order valence-corrected chi connectivity index (χ3v) is 2.44. The van der Waals surface area contributed by atoms with Crippen LogP contribution < -0.4 is 4.74 Å². The Labute approximate surface area is 99.5 Å². The van der Waals surface area contributed by atoms with Crippen LogP contribution >= 0.6 is 0 Å². The number of ether oxygens (including phenoxy) is 1. The van der Waals surface area contributed by atoms with E-state index in [0.717, 1.165) is 5.56 Å². The van der Waals surface area contributed by atoms with E-state index in [1.54, 1.807) is 0 Å². The van der Waals surface area contributed by atoms with Gasteiger partial charge in [0.25, 0.3) is 0 Å². The van der Waals surface area contributed by atoms with Gasteiger partial charge in [-0.05, 0) is 43.2 Å². The second-order valence-corrected chi connectivity index (χ2v) is 3.68. The Morgan fingerprint density at radius 2 is 2.00 bits per heavy atom. The number of nitriles is 1. The Hall–Kier alpha value is -2.41. The van der Waals surface area contributed by atoms with Crippen LogP contribution in [0, 0.1) is 25.2 Å². The SMILES string of the molecule is Cc1ccc(Oc2nccc(C#N)n2)cc1C. The van der Waals surface area contributed by atoms with E-state index in [9.17, 15) is 0 Å². The number of aryl methyl sites for hydroxylation is 2. The molecule has 0 aliphatic carbocycles. The summed E-state index contributed by atoms with van der Waals surface area (Å²) in [5, 5.41) is 8.71. The first-order valence-corrected chi connectivity index (χ1v) is 5.17. The summed E-state index contributed by atoms with van der Waals surface area (Å²) >= 11 is 0. The molecular formula is C13H11N3O. The summed E-state index contributed by atoms with van der Waals surface area (Å²) in [7, 11) is 0. The lowest BCUT2D eigenvalue weighted by Gasteiger charge is -2.05. The molecule has 2 rings (SSSR count). The summed E-state index contributed by atoms with van der Waals surface area (Å²) in [6.07, 6.45) is 1.50. The van der Waals surface area contributed by atoms with E-state index >= 15 is 0 Å². The molecule has 0 spiro atoms. The van der Waals surface area contributed by atoms with Crippen molar-refractivity contribution in [3.05, 3.63) is 47.3 Å². The minimum absolute atomic E-state index is 0.187. The Bertz CT molecular complexity index is 587. The molecule has 0 aliphatic heterocycles. The van der Waals surface area contributed by atoms with E-state index in [-0.39, 0.29) is 6.01 Å². The summed E-state index contributed by atoms with van der Waals surface area (Å²) < 4.78 is 5.48. The topological polar surface area (TPSA) is 58.8 Å². The monoisotopic (exact) mass is 225 g/mol. The number of aromatic nitrogens is 2. The Morgan fingerprint density at radius 1 is 1.18 bits per heavy atom. The molecule has 1 aromatic carbocycles. The van der Waals surface area contributed by atoms with Crippen molar-refractivity contribution in [3.63, 3.8) is 0 Å². The van der Waals surface area contributed by atoms with Gasteiger partial charge in [0.2, 0.25) is 0 Å². The molecule has 4 nitrogen and oxygen atoms in total. The molecule has 2 aromatic rings. The molecule has 0 radical (unpaired) electrons. The molecule has 0 aliphatic rings. The van der Waals surface area contributed by atoms with Crippen LogP contribution in [0.1, 0.15) is 16.8 Å². The number of hydrogen-bond donors (Lipinski definition) is 0. The van der Waals surface area contributed by atoms with E-state index in [4.69, 9.17) is 10.00 Å². The predicted molar refractivity (Wildman–Crippen MR) is 62.7 cm³/mol. The fourth-order valence-electron chi connectivity index (χ4n) is 1.34. The van der Waals surface area contributed by atoms with E-state index in [1.807, 2.05) is 38.1 Å². The lowest BCUT2D eigenvalue weighted by molar-refractivity contribution is 0.440. The quantitative estimate of drug-likeness (QED) is 0.788. The van der Waals surface area contributed by atoms with Gasteiger partial charge in [-0.25, -0.2) is 4.98 Å². The van der Waals surface area contributed by atoms with E-state index in [2.05, 4.69) is 9.97 Å². The molecule has 0 unspecified atom stereocenters. The van der Waals surface area contributed by atoms with Gasteiger partial charge in [0.05, 0.1) is 0 Å². The summed E-state index contributed by atoms with van der Waals surface area (Å²) in [6, 6.07) is 9.40. The van der Waals surface area contributed by atoms with Gasteiger partial charge in [0, 0.05) is 6.20 Å². The molecule has 17 heavy (non-hydrogen) atoms. The minimum Gasteiger partial charge on any atom is -0.424 e. The van der Waals surface area contributed by atoms with Crippen molar-refractivity contribution in [2.75, 3.05) is 0 Å². The maximum atomic E-state index is 8.71. The number of hydrogen-bond acceptors (Lipinski definition) is 4. The van der Waals surface area contributed by atoms with Gasteiger partial charge < -0.3 is 4.74 Å². The zero-order chi connectivity index (χ0) is 12.3. The number of benzene rings is 1. The maximum absolute atomic E-state index is 8.71. The largest absolute Gasteiger partial charge is 0.424 e. The molecule has 0 saturated heterocycles. The van der Waals surface area contributed by atoms with Crippen molar-refractivity contribution in [2.24, 2.45) is 0 Å². The lowest BCUT2D eigenvalue weighted by Crippen LogP contribution is -1.94. The Balaban J connectivity index is 2.25. The van der Waals surface area contributed by atoms with Crippen molar-refractivity contribution in [2.45, 2.75) is 13.8 Å². The third-order valence-electron chi connectivity index (χ3n) is 2.44. The van der Waals surface area contributed by atoms with Gasteiger partial charge in [-0.1, -0.05) is 6.07 Å². The number of rotatable bonds is 2. The van der Waals surface area contributed by atoms with Crippen molar-refractivity contribution < 1.29 is 4.74 Å². The zero-order valence-electron chi connectivity index (χ0n) is 9.64. The summed E-state index contributed by atoms with van der Waals surface area (Å²) in [5.74, 6) is 0.670. The van der Waals surface area contributed by atoms with Gasteiger partial charge >= 0.3 is 6.01 Å². The first-order chi connectivity index (χ1) is 8.19. The highest BCUT2D eigenvalue weighted by atomic mass is 16.5. The minimum atomic E-state index is 0.187. The van der Waals surface area contributed by atoms with Crippen molar-refractivity contribution in [1.82, 2.24) is 9.97 Å². The van der Waals surface area contributed by atoms with Crippen LogP contribution in [-0.2, 0) is 0 Å². The van der Waals surface area contributed by atoms with Crippen LogP contribution in [0.4, 0.5) is 0 Å². The van der Waals surface area contributed by atoms with Gasteiger partial charge in [0.15, 0.2) is 0 Å². The van der Waals surface area contributed by atoms with Gasteiger partial charge in [0.1, 0.15) is 17.5 Å². The molecule has 0 N–H and O–H groups in total. The molecule has 0 atom stereocenters. The van der Waals surface area contributed by atoms with Crippen LogP contribution in [0.3, 0.4) is 0 Å². The normalized spacial score (nSPS) is 9.71. The average molecular weight is 225 g/mol. The molecular weight excluding hydrogens is 214 g/mol. The van der Waals surface area contributed by atoms with Gasteiger partial charge in [-0.15, -0.1) is 0 Å². The summed E-state index contributed by atoms with van der Waals surface area (Å²) in [6.45, 7) is 4.04. The molecule has 0 bridgehead atoms. The second kappa shape index (κ2) is 4.62. The molecule has 1 aromatic heterocycles. The first-order valence-electron chi connectivity index (χ1n) is 5.17. The van der Waals surface area contributed by atoms with Crippen LogP contribution in [0.5, 0.6) is 11.8 Å². The Kier molecular flexibility index (Phi) is 3.01. The van der Waals surface area contributed by atoms with Crippen LogP contribution in [-0.4, -0.2) is 9.97 Å². The first kappa shape index (κ1) is 11.1. The van der Waals surface area contributed by atoms with E-state index in [1.165, 1.54) is 17.8 Å². The standard InChI is InChI=1S/C13H11N3O/c1-9-3-4-12(7-10(9)2)17-13-15-6-5-11(8-14)16-13/h3-7H,1-2H3. The van der Waals surface area contributed by atoms with Crippen LogP contribution in [0.25, 0.3) is 0 Å². The zero-order valence-corrected chi connectivity index (χ0v) is 9.64. The highest BCUT2D eigenvalue weighted by Crippen LogP contribution is 2.20. The highest BCUT2D eigenvalue weighted by Gasteiger charge is 2.03. The predicted octanol–water partition coefficient (Wildman–Crippen LogP) is 2.76. The highest BCUT2D eigenvalue weighted by molar-refractivity contribution is 5.35. The summed E-state index contributed by atoms with van der Waals surface area (Å²) in [4.78, 5) is 7.89. The van der Waals surface area contributed by atoms with E-state index < -0.39 is 0 Å². The van der Waals surface area contributed by atoms with Crippen LogP contribution in [0.2, 0.25) is 0 Å². The van der Waals surface area contributed by atoms with E-state index in [0.29, 0.717) is 11.4 Å². The molecule has 0 amide bonds. The molecule has 4 heteroatoms. The van der Waals surface area contributed by atoms with Gasteiger partial charge in [-0.2, -0.15) is 10.2 Å².